The average molecular weight is 379 g/mol. The van der Waals surface area contributed by atoms with Gasteiger partial charge in [-0.1, -0.05) is 11.2 Å². The first kappa shape index (κ1) is 17.2. The first-order valence-corrected chi connectivity index (χ1v) is 9.31. The van der Waals surface area contributed by atoms with Crippen molar-refractivity contribution in [3.63, 3.8) is 0 Å². The molecule has 4 heterocycles. The fourth-order valence-corrected chi connectivity index (χ4v) is 3.58. The lowest BCUT2D eigenvalue weighted by molar-refractivity contribution is 0.0931. The van der Waals surface area contributed by atoms with Gasteiger partial charge in [0.2, 0.25) is 0 Å². The summed E-state index contributed by atoms with van der Waals surface area (Å²) < 4.78 is 6.79. The first-order chi connectivity index (χ1) is 13.2. The van der Waals surface area contributed by atoms with Crippen molar-refractivity contribution in [3.05, 3.63) is 76.6 Å². The van der Waals surface area contributed by atoms with Crippen LogP contribution in [0.5, 0.6) is 0 Å². The predicted molar refractivity (Wildman–Crippen MR) is 101 cm³/mol. The predicted octanol–water partition coefficient (Wildman–Crippen LogP) is 3.25. The summed E-state index contributed by atoms with van der Waals surface area (Å²) in [5.41, 5.74) is 3.00. The van der Waals surface area contributed by atoms with Crippen LogP contribution in [0.15, 0.2) is 64.3 Å². The van der Waals surface area contributed by atoms with Gasteiger partial charge >= 0.3 is 0 Å². The summed E-state index contributed by atoms with van der Waals surface area (Å²) in [6, 6.07) is 7.37. The Bertz CT molecular complexity index is 1010. The Morgan fingerprint density at radius 1 is 1.33 bits per heavy atom. The topological polar surface area (TPSA) is 85.8 Å². The number of aryl methyl sites for hydroxylation is 1. The van der Waals surface area contributed by atoms with E-state index in [1.54, 1.807) is 53.9 Å². The van der Waals surface area contributed by atoms with Gasteiger partial charge < -0.3 is 9.84 Å². The molecule has 7 nitrogen and oxygen atoms in total. The van der Waals surface area contributed by atoms with Crippen molar-refractivity contribution in [2.24, 2.45) is 7.05 Å². The second kappa shape index (κ2) is 7.55. The molecular weight excluding hydrogens is 362 g/mol. The van der Waals surface area contributed by atoms with E-state index in [1.165, 1.54) is 0 Å². The number of hydrogen-bond donors (Lipinski definition) is 1. The van der Waals surface area contributed by atoms with Crippen LogP contribution in [-0.4, -0.2) is 25.8 Å². The Labute approximate surface area is 159 Å². The average Bonchev–Trinajstić information content (AvgIpc) is 3.43. The second-order valence-electron chi connectivity index (χ2n) is 6.09. The Kier molecular flexibility index (Phi) is 4.80. The molecule has 0 radical (unpaired) electrons. The molecule has 0 spiro atoms. The quantitative estimate of drug-likeness (QED) is 0.556. The number of hydrogen-bond acceptors (Lipinski definition) is 6. The van der Waals surface area contributed by atoms with Crippen LogP contribution < -0.4 is 5.32 Å². The second-order valence-corrected chi connectivity index (χ2v) is 6.87. The first-order valence-electron chi connectivity index (χ1n) is 8.37. The van der Waals surface area contributed by atoms with Gasteiger partial charge in [-0.25, -0.2) is 0 Å². The van der Waals surface area contributed by atoms with Crippen molar-refractivity contribution in [2.45, 2.75) is 12.5 Å². The number of thiophene rings is 1. The highest BCUT2D eigenvalue weighted by molar-refractivity contribution is 7.07. The van der Waals surface area contributed by atoms with Gasteiger partial charge in [0.25, 0.3) is 5.91 Å². The summed E-state index contributed by atoms with van der Waals surface area (Å²) in [4.78, 5) is 17.2. The summed E-state index contributed by atoms with van der Waals surface area (Å²) in [6.07, 6.45) is 7.44. The summed E-state index contributed by atoms with van der Waals surface area (Å²) in [5, 5.41) is 15.2. The molecule has 4 rings (SSSR count). The molecule has 1 amide bonds. The maximum Gasteiger partial charge on any atom is 0.273 e. The minimum Gasteiger partial charge on any atom is -0.356 e. The van der Waals surface area contributed by atoms with Crippen molar-refractivity contribution in [1.82, 2.24) is 25.2 Å². The van der Waals surface area contributed by atoms with Crippen molar-refractivity contribution < 1.29 is 9.32 Å². The molecule has 1 atom stereocenters. The smallest absolute Gasteiger partial charge is 0.273 e. The highest BCUT2D eigenvalue weighted by Crippen LogP contribution is 2.24. The summed E-state index contributed by atoms with van der Waals surface area (Å²) >= 11 is 1.63. The van der Waals surface area contributed by atoms with E-state index in [-0.39, 0.29) is 11.9 Å². The van der Waals surface area contributed by atoms with Crippen molar-refractivity contribution in [3.8, 4) is 11.3 Å². The summed E-state index contributed by atoms with van der Waals surface area (Å²) in [5.74, 6) is 0.232. The molecular formula is C19H17N5O2S. The number of rotatable bonds is 6. The van der Waals surface area contributed by atoms with Gasteiger partial charge in [0.05, 0.1) is 17.8 Å². The fraction of sp³-hybridized carbons (Fsp3) is 0.158. The van der Waals surface area contributed by atoms with E-state index < -0.39 is 0 Å². The molecule has 0 saturated carbocycles. The Balaban J connectivity index is 1.63. The van der Waals surface area contributed by atoms with Crippen molar-refractivity contribution in [2.75, 3.05) is 0 Å². The lowest BCUT2D eigenvalue weighted by Crippen LogP contribution is -2.30. The molecule has 1 N–H and O–H groups in total. The van der Waals surface area contributed by atoms with Gasteiger partial charge in [-0.2, -0.15) is 16.4 Å². The van der Waals surface area contributed by atoms with E-state index in [9.17, 15) is 4.79 Å². The molecule has 0 aromatic carbocycles. The molecule has 0 bridgehead atoms. The minimum absolute atomic E-state index is 0.217. The molecule has 4 aromatic heterocycles. The van der Waals surface area contributed by atoms with Gasteiger partial charge in [0.1, 0.15) is 0 Å². The van der Waals surface area contributed by atoms with Crippen LogP contribution in [0, 0.1) is 0 Å². The van der Waals surface area contributed by atoms with Gasteiger partial charge in [-0.15, -0.1) is 0 Å². The molecule has 0 saturated heterocycles. The maximum atomic E-state index is 13.0. The van der Waals surface area contributed by atoms with Crippen LogP contribution in [-0.2, 0) is 13.5 Å². The molecule has 0 fully saturated rings. The summed E-state index contributed by atoms with van der Waals surface area (Å²) in [6.45, 7) is 0. The van der Waals surface area contributed by atoms with Gasteiger partial charge in [-0.3, -0.25) is 14.5 Å². The zero-order valence-electron chi connectivity index (χ0n) is 14.6. The third-order valence-electron chi connectivity index (χ3n) is 4.16. The molecule has 136 valence electrons. The molecule has 1 unspecified atom stereocenters. The van der Waals surface area contributed by atoms with Crippen LogP contribution in [0.4, 0.5) is 0 Å². The number of carbonyl (C=O) groups is 1. The molecule has 0 aliphatic heterocycles. The number of nitrogens with zero attached hydrogens (tertiary/aromatic N) is 4. The van der Waals surface area contributed by atoms with Gasteiger partial charge in [-0.05, 0) is 40.4 Å². The lowest BCUT2D eigenvalue weighted by Gasteiger charge is -2.18. The Morgan fingerprint density at radius 3 is 2.96 bits per heavy atom. The molecule has 0 aliphatic rings. The third kappa shape index (κ3) is 3.80. The monoisotopic (exact) mass is 379 g/mol. The number of nitrogens with one attached hydrogen (secondary N) is 1. The van der Waals surface area contributed by atoms with Gasteiger partial charge in [0, 0.05) is 31.7 Å². The van der Waals surface area contributed by atoms with Crippen LogP contribution >= 0.6 is 11.3 Å². The zero-order valence-corrected chi connectivity index (χ0v) is 15.4. The van der Waals surface area contributed by atoms with E-state index in [0.717, 1.165) is 11.1 Å². The van der Waals surface area contributed by atoms with Crippen LogP contribution in [0.25, 0.3) is 11.3 Å². The van der Waals surface area contributed by atoms with Crippen LogP contribution in [0.1, 0.15) is 27.7 Å². The third-order valence-corrected chi connectivity index (χ3v) is 4.89. The van der Waals surface area contributed by atoms with Crippen LogP contribution in [0.2, 0.25) is 0 Å². The number of pyridine rings is 1. The summed E-state index contributed by atoms with van der Waals surface area (Å²) in [7, 11) is 1.76. The zero-order chi connectivity index (χ0) is 18.6. The Hall–Kier alpha value is -3.26. The lowest BCUT2D eigenvalue weighted by atomic mass is 10.0. The number of aromatic nitrogens is 4. The van der Waals surface area contributed by atoms with E-state index in [2.05, 4.69) is 32.0 Å². The van der Waals surface area contributed by atoms with Crippen molar-refractivity contribution >= 4 is 17.2 Å². The highest BCUT2D eigenvalue weighted by atomic mass is 32.1. The molecule has 4 aromatic rings. The molecule has 27 heavy (non-hydrogen) atoms. The van der Waals surface area contributed by atoms with E-state index >= 15 is 0 Å². The van der Waals surface area contributed by atoms with Crippen molar-refractivity contribution in [1.29, 1.82) is 0 Å². The maximum absolute atomic E-state index is 13.0. The fourth-order valence-electron chi connectivity index (χ4n) is 2.90. The van der Waals surface area contributed by atoms with E-state index in [4.69, 9.17) is 4.52 Å². The Morgan fingerprint density at radius 2 is 2.26 bits per heavy atom. The van der Waals surface area contributed by atoms with Crippen LogP contribution in [0.3, 0.4) is 0 Å². The van der Waals surface area contributed by atoms with Gasteiger partial charge in [0.15, 0.2) is 11.5 Å². The molecule has 8 heteroatoms. The molecule has 0 aliphatic carbocycles. The van der Waals surface area contributed by atoms with E-state index in [0.29, 0.717) is 23.4 Å². The van der Waals surface area contributed by atoms with E-state index in [1.807, 2.05) is 17.5 Å². The number of amides is 1. The minimum atomic E-state index is -0.272. The highest BCUT2D eigenvalue weighted by Gasteiger charge is 2.23. The number of carbonyl (C=O) groups excluding carboxylic acids is 1. The normalized spacial score (nSPS) is 12.0. The SMILES string of the molecule is Cn1cc(-c2ccno2)c(C(=O)NC(Cc2ccsc2)c2cccnc2)n1. The standard InChI is InChI=1S/C19H17N5O2S/c1-24-11-15(17-4-7-21-26-17)18(23-24)19(25)22-16(9-13-5-8-27-12-13)14-3-2-6-20-10-14/h2-8,10-12,16H,9H2,1H3,(H,22,25). The largest absolute Gasteiger partial charge is 0.356 e.